The van der Waals surface area contributed by atoms with Crippen LogP contribution in [-0.4, -0.2) is 6.04 Å². The Kier molecular flexibility index (Phi) is 3.81. The number of nitrogens with one attached hydrogen (secondary N) is 1. The molecule has 1 N–H and O–H groups in total. The lowest BCUT2D eigenvalue weighted by Crippen LogP contribution is -2.21. The van der Waals surface area contributed by atoms with E-state index in [4.69, 9.17) is 0 Å². The van der Waals surface area contributed by atoms with Crippen molar-refractivity contribution in [3.8, 4) is 0 Å². The van der Waals surface area contributed by atoms with Crippen LogP contribution in [0.15, 0.2) is 35.6 Å². The van der Waals surface area contributed by atoms with Crippen molar-refractivity contribution in [2.45, 2.75) is 39.7 Å². The molecule has 0 radical (unpaired) electrons. The number of hydrogen-bond donors (Lipinski definition) is 1. The Hall–Kier alpha value is -0.980. The Balaban J connectivity index is 2.61. The van der Waals surface area contributed by atoms with E-state index in [-0.39, 0.29) is 0 Å². The van der Waals surface area contributed by atoms with Gasteiger partial charge >= 0.3 is 0 Å². The summed E-state index contributed by atoms with van der Waals surface area (Å²) in [4.78, 5) is 0. The first kappa shape index (κ1) is 10.1. The minimum atomic E-state index is 0.521. The number of hydrogen-bond acceptors (Lipinski definition) is 1. The fourth-order valence-electron chi connectivity index (χ4n) is 1.50. The van der Waals surface area contributed by atoms with Gasteiger partial charge in [0.1, 0.15) is 0 Å². The van der Waals surface area contributed by atoms with Crippen LogP contribution in [0.3, 0.4) is 0 Å². The van der Waals surface area contributed by atoms with E-state index in [2.05, 4.69) is 50.4 Å². The van der Waals surface area contributed by atoms with Crippen LogP contribution in [0.5, 0.6) is 0 Å². The molecule has 0 aromatic heterocycles. The first-order valence-corrected chi connectivity index (χ1v) is 5.02. The minimum absolute atomic E-state index is 0.521. The van der Waals surface area contributed by atoms with E-state index < -0.39 is 0 Å². The molecule has 1 rings (SSSR count). The predicted octanol–water partition coefficient (Wildman–Crippen LogP) is 3.16. The van der Waals surface area contributed by atoms with Crippen LogP contribution in [0.2, 0.25) is 0 Å². The van der Waals surface area contributed by atoms with E-state index in [1.54, 1.807) is 0 Å². The van der Waals surface area contributed by atoms with Crippen molar-refractivity contribution in [3.05, 3.63) is 35.6 Å². The smallest absolute Gasteiger partial charge is 0.0304 e. The Morgan fingerprint density at radius 1 is 1.46 bits per heavy atom. The predicted molar refractivity (Wildman–Crippen MR) is 58.5 cm³/mol. The van der Waals surface area contributed by atoms with Gasteiger partial charge in [0.15, 0.2) is 0 Å². The summed E-state index contributed by atoms with van der Waals surface area (Å²) in [7, 11) is 0. The van der Waals surface area contributed by atoms with Gasteiger partial charge in [-0.05, 0) is 45.3 Å². The molecular formula is C12H19N. The van der Waals surface area contributed by atoms with Crippen molar-refractivity contribution in [3.63, 3.8) is 0 Å². The zero-order chi connectivity index (χ0) is 9.68. The summed E-state index contributed by atoms with van der Waals surface area (Å²) in [5.74, 6) is 0. The van der Waals surface area contributed by atoms with Crippen LogP contribution in [-0.2, 0) is 0 Å². The zero-order valence-corrected chi connectivity index (χ0v) is 8.80. The highest BCUT2D eigenvalue weighted by Gasteiger charge is 2.03. The molecule has 0 spiro atoms. The fraction of sp³-hybridized carbons (Fsp3) is 0.500. The largest absolute Gasteiger partial charge is 0.383 e. The van der Waals surface area contributed by atoms with Crippen LogP contribution in [0.4, 0.5) is 0 Å². The second-order valence-electron chi connectivity index (χ2n) is 3.72. The molecule has 72 valence electrons. The molecule has 0 saturated carbocycles. The minimum Gasteiger partial charge on any atom is -0.383 e. The molecule has 1 aliphatic rings. The monoisotopic (exact) mass is 177 g/mol. The van der Waals surface area contributed by atoms with Gasteiger partial charge in [-0.25, -0.2) is 0 Å². The van der Waals surface area contributed by atoms with Crippen molar-refractivity contribution >= 4 is 0 Å². The first-order valence-electron chi connectivity index (χ1n) is 5.02. The maximum Gasteiger partial charge on any atom is 0.0304 e. The van der Waals surface area contributed by atoms with E-state index in [0.29, 0.717) is 6.04 Å². The van der Waals surface area contributed by atoms with E-state index in [0.717, 1.165) is 6.42 Å². The van der Waals surface area contributed by atoms with Crippen molar-refractivity contribution in [1.29, 1.82) is 0 Å². The van der Waals surface area contributed by atoms with Gasteiger partial charge in [0.25, 0.3) is 0 Å². The third-order valence-corrected chi connectivity index (χ3v) is 1.97. The van der Waals surface area contributed by atoms with Gasteiger partial charge in [0, 0.05) is 11.7 Å². The van der Waals surface area contributed by atoms with Gasteiger partial charge in [0.05, 0.1) is 0 Å². The summed E-state index contributed by atoms with van der Waals surface area (Å²) in [5.41, 5.74) is 2.70. The average molecular weight is 177 g/mol. The zero-order valence-electron chi connectivity index (χ0n) is 8.80. The highest BCUT2D eigenvalue weighted by molar-refractivity contribution is 5.32. The van der Waals surface area contributed by atoms with Gasteiger partial charge in [-0.15, -0.1) is 0 Å². The fourth-order valence-corrected chi connectivity index (χ4v) is 1.50. The molecule has 0 fully saturated rings. The van der Waals surface area contributed by atoms with Gasteiger partial charge in [-0.3, -0.25) is 0 Å². The molecule has 13 heavy (non-hydrogen) atoms. The third-order valence-electron chi connectivity index (χ3n) is 1.97. The Labute approximate surface area is 81.2 Å². The third kappa shape index (κ3) is 3.49. The summed E-state index contributed by atoms with van der Waals surface area (Å²) < 4.78 is 0. The van der Waals surface area contributed by atoms with E-state index in [9.17, 15) is 0 Å². The summed E-state index contributed by atoms with van der Waals surface area (Å²) in [6.45, 7) is 6.39. The van der Waals surface area contributed by atoms with Crippen LogP contribution < -0.4 is 5.32 Å². The highest BCUT2D eigenvalue weighted by atomic mass is 14.9. The number of rotatable bonds is 3. The van der Waals surface area contributed by atoms with Crippen LogP contribution in [0.25, 0.3) is 0 Å². The second kappa shape index (κ2) is 4.90. The van der Waals surface area contributed by atoms with Crippen molar-refractivity contribution in [1.82, 2.24) is 5.32 Å². The topological polar surface area (TPSA) is 12.0 Å². The van der Waals surface area contributed by atoms with Crippen LogP contribution >= 0.6 is 0 Å². The van der Waals surface area contributed by atoms with Crippen molar-refractivity contribution in [2.75, 3.05) is 0 Å². The van der Waals surface area contributed by atoms with E-state index >= 15 is 0 Å². The van der Waals surface area contributed by atoms with E-state index in [1.165, 1.54) is 17.7 Å². The summed E-state index contributed by atoms with van der Waals surface area (Å²) >= 11 is 0. The maximum absolute atomic E-state index is 3.42. The van der Waals surface area contributed by atoms with Gasteiger partial charge in [-0.2, -0.15) is 0 Å². The Morgan fingerprint density at radius 2 is 2.23 bits per heavy atom. The summed E-state index contributed by atoms with van der Waals surface area (Å²) in [6, 6.07) is 0.521. The molecule has 0 aromatic carbocycles. The van der Waals surface area contributed by atoms with Gasteiger partial charge < -0.3 is 5.32 Å². The maximum atomic E-state index is 3.42. The summed E-state index contributed by atoms with van der Waals surface area (Å²) in [6.07, 6.45) is 11.1. The van der Waals surface area contributed by atoms with Crippen molar-refractivity contribution in [2.24, 2.45) is 0 Å². The molecule has 0 aliphatic heterocycles. The van der Waals surface area contributed by atoms with Gasteiger partial charge in [0.2, 0.25) is 0 Å². The van der Waals surface area contributed by atoms with E-state index in [1.807, 2.05) is 0 Å². The van der Waals surface area contributed by atoms with Crippen LogP contribution in [0.1, 0.15) is 33.6 Å². The Bertz CT molecular complexity index is 244. The molecule has 0 atom stereocenters. The first-order chi connectivity index (χ1) is 6.22. The summed E-state index contributed by atoms with van der Waals surface area (Å²) in [5, 5.41) is 3.42. The molecule has 0 aromatic rings. The lowest BCUT2D eigenvalue weighted by atomic mass is 10.0. The lowest BCUT2D eigenvalue weighted by Gasteiger charge is -2.15. The highest BCUT2D eigenvalue weighted by Crippen LogP contribution is 2.16. The molecule has 1 aliphatic carbocycles. The van der Waals surface area contributed by atoms with Crippen LogP contribution in [0, 0.1) is 0 Å². The standard InChI is InChI=1S/C12H19N/c1-4-6-11-7-5-8-12(9-11)13-10(2)3/h4,6,8-10,13H,5,7H2,1-3H3/b6-4+. The number of allylic oxidation sites excluding steroid dienone is 5. The molecule has 0 unspecified atom stereocenters. The lowest BCUT2D eigenvalue weighted by molar-refractivity contribution is 0.673. The molecular weight excluding hydrogens is 158 g/mol. The second-order valence-corrected chi connectivity index (χ2v) is 3.72. The molecule has 0 saturated heterocycles. The Morgan fingerprint density at radius 3 is 2.85 bits per heavy atom. The molecule has 0 bridgehead atoms. The SMILES string of the molecule is C/C=C/C1=CC(NC(C)C)=CCC1. The van der Waals surface area contributed by atoms with Gasteiger partial charge in [-0.1, -0.05) is 18.2 Å². The quantitative estimate of drug-likeness (QED) is 0.698. The molecule has 1 nitrogen and oxygen atoms in total. The molecule has 1 heteroatoms. The molecule has 0 amide bonds. The molecule has 0 heterocycles. The normalized spacial score (nSPS) is 17.5. The average Bonchev–Trinajstić information content (AvgIpc) is 2.04. The van der Waals surface area contributed by atoms with Crippen molar-refractivity contribution < 1.29 is 0 Å².